The number of alkyl halides is 1. The van der Waals surface area contributed by atoms with E-state index in [2.05, 4.69) is 26.6 Å². The highest BCUT2D eigenvalue weighted by molar-refractivity contribution is 9.09. The van der Waals surface area contributed by atoms with Crippen molar-refractivity contribution in [3.05, 3.63) is 0 Å². The number of imide groups is 2. The van der Waals surface area contributed by atoms with Crippen LogP contribution < -0.4 is 10.6 Å². The van der Waals surface area contributed by atoms with Gasteiger partial charge in [0.05, 0.1) is 0 Å². The van der Waals surface area contributed by atoms with Gasteiger partial charge in [-0.2, -0.15) is 0 Å². The Hall–Kier alpha value is -0.910. The van der Waals surface area contributed by atoms with Crippen LogP contribution in [0.25, 0.3) is 0 Å². The van der Waals surface area contributed by atoms with Gasteiger partial charge in [0.1, 0.15) is 5.41 Å². The second kappa shape index (κ2) is 5.43. The summed E-state index contributed by atoms with van der Waals surface area (Å²) in [5.41, 5.74) is -1.09. The highest BCUT2D eigenvalue weighted by atomic mass is 79.9. The molecule has 1 saturated heterocycles. The fourth-order valence-corrected chi connectivity index (χ4v) is 2.48. The molecule has 1 fully saturated rings. The Bertz CT molecular complexity index is 297. The summed E-state index contributed by atoms with van der Waals surface area (Å²) in [7, 11) is 0. The Morgan fingerprint density at radius 3 is 2.12 bits per heavy atom. The van der Waals surface area contributed by atoms with Gasteiger partial charge in [-0.25, -0.2) is 4.79 Å². The van der Waals surface area contributed by atoms with E-state index in [1.165, 1.54) is 0 Å². The fourth-order valence-electron chi connectivity index (χ4n) is 1.80. The van der Waals surface area contributed by atoms with E-state index in [1.807, 2.05) is 6.92 Å². The smallest absolute Gasteiger partial charge is 0.277 e. The molecule has 0 aromatic rings. The maximum atomic E-state index is 11.8. The molecule has 90 valence electrons. The van der Waals surface area contributed by atoms with Crippen molar-refractivity contribution in [3.8, 4) is 0 Å². The van der Waals surface area contributed by atoms with Crippen molar-refractivity contribution >= 4 is 33.8 Å². The molecule has 0 aliphatic carbocycles. The van der Waals surface area contributed by atoms with Crippen LogP contribution in [0, 0.1) is 5.41 Å². The number of hydrogen-bond acceptors (Lipinski definition) is 3. The molecule has 1 aliphatic rings. The minimum absolute atomic E-state index is 0.401. The number of halogens is 1. The van der Waals surface area contributed by atoms with Crippen molar-refractivity contribution in [1.82, 2.24) is 10.6 Å². The predicted octanol–water partition coefficient (Wildman–Crippen LogP) is 1.31. The summed E-state index contributed by atoms with van der Waals surface area (Å²) in [4.78, 5) is 34.6. The van der Waals surface area contributed by atoms with Gasteiger partial charge in [-0.3, -0.25) is 20.2 Å². The number of carbonyl (C=O) groups excluding carboxylic acids is 3. The van der Waals surface area contributed by atoms with Crippen molar-refractivity contribution in [2.75, 3.05) is 5.33 Å². The average Bonchev–Trinajstić information content (AvgIpc) is 2.22. The van der Waals surface area contributed by atoms with E-state index in [1.54, 1.807) is 0 Å². The lowest BCUT2D eigenvalue weighted by molar-refractivity contribution is -0.145. The van der Waals surface area contributed by atoms with Gasteiger partial charge in [-0.15, -0.1) is 0 Å². The molecule has 0 spiro atoms. The summed E-state index contributed by atoms with van der Waals surface area (Å²) in [6, 6.07) is -0.725. The molecular weight excluding hydrogens is 276 g/mol. The summed E-state index contributed by atoms with van der Waals surface area (Å²) < 4.78 is 0. The largest absolute Gasteiger partial charge is 0.328 e. The third kappa shape index (κ3) is 2.42. The summed E-state index contributed by atoms with van der Waals surface area (Å²) in [5.74, 6) is -0.955. The van der Waals surface area contributed by atoms with Crippen LogP contribution in [0.3, 0.4) is 0 Å². The monoisotopic (exact) mass is 290 g/mol. The molecule has 6 heteroatoms. The Morgan fingerprint density at radius 2 is 1.69 bits per heavy atom. The highest BCUT2D eigenvalue weighted by Crippen LogP contribution is 2.32. The van der Waals surface area contributed by atoms with Crippen LogP contribution in [0.15, 0.2) is 0 Å². The van der Waals surface area contributed by atoms with Gasteiger partial charge in [0, 0.05) is 5.33 Å². The molecule has 0 radical (unpaired) electrons. The minimum atomic E-state index is -1.09. The normalized spacial score (nSPS) is 19.2. The molecule has 4 amide bonds. The summed E-state index contributed by atoms with van der Waals surface area (Å²) >= 11 is 3.24. The summed E-state index contributed by atoms with van der Waals surface area (Å²) in [6.07, 6.45) is 2.55. The SMILES string of the molecule is CCCCC1(CCBr)C(=O)NC(=O)NC1=O. The van der Waals surface area contributed by atoms with E-state index in [0.717, 1.165) is 12.8 Å². The maximum Gasteiger partial charge on any atom is 0.328 e. The van der Waals surface area contributed by atoms with Crippen molar-refractivity contribution < 1.29 is 14.4 Å². The lowest BCUT2D eigenvalue weighted by Gasteiger charge is -2.33. The van der Waals surface area contributed by atoms with Gasteiger partial charge in [0.15, 0.2) is 0 Å². The number of barbiturate groups is 1. The standard InChI is InChI=1S/C10H15BrN2O3/c1-2-3-4-10(5-6-11)7(14)12-9(16)13-8(10)15/h2-6H2,1H3,(H2,12,13,14,15,16). The Labute approximate surface area is 102 Å². The maximum absolute atomic E-state index is 11.8. The highest BCUT2D eigenvalue weighted by Gasteiger charge is 2.48. The van der Waals surface area contributed by atoms with Gasteiger partial charge in [0.25, 0.3) is 0 Å². The molecular formula is C10H15BrN2O3. The van der Waals surface area contributed by atoms with Crippen molar-refractivity contribution in [3.63, 3.8) is 0 Å². The van der Waals surface area contributed by atoms with Crippen LogP contribution in [0.1, 0.15) is 32.6 Å². The molecule has 5 nitrogen and oxygen atoms in total. The Kier molecular flexibility index (Phi) is 4.46. The molecule has 2 N–H and O–H groups in total. The first-order valence-electron chi connectivity index (χ1n) is 5.29. The number of rotatable bonds is 5. The van der Waals surface area contributed by atoms with E-state index in [0.29, 0.717) is 18.2 Å². The van der Waals surface area contributed by atoms with Crippen LogP contribution in [-0.2, 0) is 9.59 Å². The second-order valence-corrected chi connectivity index (χ2v) is 4.66. The van der Waals surface area contributed by atoms with Gasteiger partial charge >= 0.3 is 6.03 Å². The van der Waals surface area contributed by atoms with Crippen LogP contribution in [0.4, 0.5) is 4.79 Å². The topological polar surface area (TPSA) is 75.3 Å². The number of urea groups is 1. The third-order valence-electron chi connectivity index (χ3n) is 2.80. The zero-order chi connectivity index (χ0) is 12.2. The van der Waals surface area contributed by atoms with E-state index in [-0.39, 0.29) is 0 Å². The van der Waals surface area contributed by atoms with E-state index >= 15 is 0 Å². The van der Waals surface area contributed by atoms with E-state index in [9.17, 15) is 14.4 Å². The van der Waals surface area contributed by atoms with Crippen LogP contribution in [0.5, 0.6) is 0 Å². The van der Waals surface area contributed by atoms with Crippen molar-refractivity contribution in [2.24, 2.45) is 5.41 Å². The third-order valence-corrected chi connectivity index (χ3v) is 3.20. The number of unbranched alkanes of at least 4 members (excludes halogenated alkanes) is 1. The average molecular weight is 291 g/mol. The first kappa shape index (κ1) is 13.2. The molecule has 1 rings (SSSR count). The predicted molar refractivity (Wildman–Crippen MR) is 62.1 cm³/mol. The number of amides is 4. The zero-order valence-corrected chi connectivity index (χ0v) is 10.7. The molecule has 1 heterocycles. The van der Waals surface area contributed by atoms with Gasteiger partial charge in [-0.05, 0) is 12.8 Å². The zero-order valence-electron chi connectivity index (χ0n) is 9.14. The van der Waals surface area contributed by atoms with Crippen LogP contribution in [-0.4, -0.2) is 23.2 Å². The molecule has 16 heavy (non-hydrogen) atoms. The van der Waals surface area contributed by atoms with Crippen LogP contribution >= 0.6 is 15.9 Å². The molecule has 1 aliphatic heterocycles. The molecule has 0 bridgehead atoms. The molecule has 0 unspecified atom stereocenters. The number of nitrogens with one attached hydrogen (secondary N) is 2. The first-order chi connectivity index (χ1) is 7.56. The van der Waals surface area contributed by atoms with E-state index < -0.39 is 23.3 Å². The van der Waals surface area contributed by atoms with Gasteiger partial charge < -0.3 is 0 Å². The summed E-state index contributed by atoms with van der Waals surface area (Å²) in [5, 5.41) is 4.87. The van der Waals surface area contributed by atoms with Gasteiger partial charge in [-0.1, -0.05) is 35.7 Å². The number of carbonyl (C=O) groups is 3. The fraction of sp³-hybridized carbons (Fsp3) is 0.700. The number of hydrogen-bond donors (Lipinski definition) is 2. The van der Waals surface area contributed by atoms with Crippen molar-refractivity contribution in [2.45, 2.75) is 32.6 Å². The molecule has 0 saturated carbocycles. The lowest BCUT2D eigenvalue weighted by Crippen LogP contribution is -2.62. The quantitative estimate of drug-likeness (QED) is 0.592. The summed E-state index contributed by atoms with van der Waals surface area (Å²) in [6.45, 7) is 1.99. The van der Waals surface area contributed by atoms with E-state index in [4.69, 9.17) is 0 Å². The molecule has 0 aromatic carbocycles. The first-order valence-corrected chi connectivity index (χ1v) is 6.42. The Morgan fingerprint density at radius 1 is 1.12 bits per heavy atom. The minimum Gasteiger partial charge on any atom is -0.277 e. The molecule has 0 aromatic heterocycles. The Balaban J connectivity index is 2.92. The lowest BCUT2D eigenvalue weighted by atomic mass is 9.77. The van der Waals surface area contributed by atoms with Crippen LogP contribution in [0.2, 0.25) is 0 Å². The van der Waals surface area contributed by atoms with Crippen molar-refractivity contribution in [1.29, 1.82) is 0 Å². The second-order valence-electron chi connectivity index (χ2n) is 3.86. The molecule has 0 atom stereocenters. The van der Waals surface area contributed by atoms with Gasteiger partial charge in [0.2, 0.25) is 11.8 Å².